The Balaban J connectivity index is 1.81. The number of ether oxygens (including phenoxy) is 4. The number of hydrogen-bond acceptors (Lipinski definition) is 7. The first-order chi connectivity index (χ1) is 17.8. The van der Waals surface area contributed by atoms with E-state index >= 15 is 0 Å². The Hall–Kier alpha value is -3.26. The minimum Gasteiger partial charge on any atom is -0.496 e. The average molecular weight is 570 g/mol. The lowest BCUT2D eigenvalue weighted by Crippen LogP contribution is -2.36. The summed E-state index contributed by atoms with van der Waals surface area (Å²) in [5, 5.41) is 3.39. The van der Waals surface area contributed by atoms with Gasteiger partial charge in [-0.05, 0) is 61.6 Å². The first kappa shape index (κ1) is 26.8. The van der Waals surface area contributed by atoms with Crippen molar-refractivity contribution in [3.63, 3.8) is 0 Å². The summed E-state index contributed by atoms with van der Waals surface area (Å²) in [6.07, 6.45) is 1.62. The third-order valence-electron chi connectivity index (χ3n) is 6.87. The van der Waals surface area contributed by atoms with Crippen molar-refractivity contribution < 1.29 is 28.5 Å². The number of Topliss-reactive ketones (excluding diaryl/α,β-unsaturated/α-hetero) is 1. The van der Waals surface area contributed by atoms with Gasteiger partial charge in [0, 0.05) is 33.4 Å². The standard InChI is InChI=1S/C29H32BrNO6/c1-6-11-37-29(33)26-16(2)31-21-12-18(17-7-9-24(35-4)25(14-17)36-5)13-22(32)28(21)27(26)20-15-19(30)8-10-23(20)34-3/h7-10,14-15,18,27,31H,6,11-13H2,1-5H3/t18-,27+/m0/s1. The second kappa shape index (κ2) is 11.4. The number of allylic oxidation sites excluding steroid dienone is 3. The maximum absolute atomic E-state index is 13.9. The number of esters is 1. The molecule has 1 heterocycles. The molecule has 0 spiro atoms. The number of ketones is 1. The molecule has 0 saturated heterocycles. The topological polar surface area (TPSA) is 83.1 Å². The lowest BCUT2D eigenvalue weighted by atomic mass is 9.71. The number of halogens is 1. The number of nitrogens with one attached hydrogen (secondary N) is 1. The Labute approximate surface area is 225 Å². The number of benzene rings is 2. The summed E-state index contributed by atoms with van der Waals surface area (Å²) in [4.78, 5) is 27.2. The van der Waals surface area contributed by atoms with Gasteiger partial charge < -0.3 is 24.3 Å². The summed E-state index contributed by atoms with van der Waals surface area (Å²) >= 11 is 3.55. The van der Waals surface area contributed by atoms with E-state index in [1.54, 1.807) is 21.3 Å². The first-order valence-electron chi connectivity index (χ1n) is 12.3. The van der Waals surface area contributed by atoms with Crippen LogP contribution in [0.1, 0.15) is 56.1 Å². The summed E-state index contributed by atoms with van der Waals surface area (Å²) in [5.74, 6) is 0.758. The van der Waals surface area contributed by atoms with Crippen LogP contribution < -0.4 is 19.5 Å². The van der Waals surface area contributed by atoms with Gasteiger partial charge in [-0.15, -0.1) is 0 Å². The van der Waals surface area contributed by atoms with E-state index in [-0.39, 0.29) is 11.7 Å². The minimum absolute atomic E-state index is 0.0196. The van der Waals surface area contributed by atoms with Crippen molar-refractivity contribution in [2.75, 3.05) is 27.9 Å². The van der Waals surface area contributed by atoms with Crippen LogP contribution in [0.5, 0.6) is 17.2 Å². The van der Waals surface area contributed by atoms with Crippen LogP contribution in [0.25, 0.3) is 0 Å². The molecule has 2 aliphatic rings. The number of methoxy groups -OCH3 is 3. The van der Waals surface area contributed by atoms with Gasteiger partial charge in [-0.3, -0.25) is 4.79 Å². The van der Waals surface area contributed by atoms with Crippen LogP contribution in [0.15, 0.2) is 63.4 Å². The van der Waals surface area contributed by atoms with Gasteiger partial charge in [0.25, 0.3) is 0 Å². The molecular formula is C29H32BrNO6. The van der Waals surface area contributed by atoms with E-state index in [0.29, 0.717) is 60.0 Å². The fourth-order valence-electron chi connectivity index (χ4n) is 5.17. The predicted molar refractivity (Wildman–Crippen MR) is 144 cm³/mol. The summed E-state index contributed by atoms with van der Waals surface area (Å²) in [5.41, 5.74) is 4.24. The quantitative estimate of drug-likeness (QED) is 0.403. The number of rotatable bonds is 8. The van der Waals surface area contributed by atoms with Crippen LogP contribution in [0.2, 0.25) is 0 Å². The zero-order chi connectivity index (χ0) is 26.7. The molecule has 0 amide bonds. The molecule has 1 aliphatic heterocycles. The van der Waals surface area contributed by atoms with E-state index < -0.39 is 11.9 Å². The van der Waals surface area contributed by atoms with Gasteiger partial charge in [-0.1, -0.05) is 28.9 Å². The van der Waals surface area contributed by atoms with Crippen molar-refractivity contribution in [3.8, 4) is 17.2 Å². The second-order valence-electron chi connectivity index (χ2n) is 9.15. The van der Waals surface area contributed by atoms with Crippen LogP contribution >= 0.6 is 15.9 Å². The van der Waals surface area contributed by atoms with E-state index in [4.69, 9.17) is 18.9 Å². The molecule has 8 heteroatoms. The van der Waals surface area contributed by atoms with Crippen LogP contribution in [0, 0.1) is 0 Å². The van der Waals surface area contributed by atoms with Crippen LogP contribution in [0.3, 0.4) is 0 Å². The average Bonchev–Trinajstić information content (AvgIpc) is 2.90. The molecule has 0 bridgehead atoms. The largest absolute Gasteiger partial charge is 0.496 e. The fourth-order valence-corrected chi connectivity index (χ4v) is 5.55. The van der Waals surface area contributed by atoms with Gasteiger partial charge in [-0.25, -0.2) is 4.79 Å². The fraction of sp³-hybridized carbons (Fsp3) is 0.379. The Bertz CT molecular complexity index is 1280. The molecule has 0 unspecified atom stereocenters. The molecule has 2 atom stereocenters. The number of dihydropyridines is 1. The van der Waals surface area contributed by atoms with Gasteiger partial charge in [0.2, 0.25) is 0 Å². The molecule has 2 aromatic rings. The molecule has 0 radical (unpaired) electrons. The van der Waals surface area contributed by atoms with Crippen molar-refractivity contribution >= 4 is 27.7 Å². The lowest BCUT2D eigenvalue weighted by molar-refractivity contribution is -0.139. The highest BCUT2D eigenvalue weighted by atomic mass is 79.9. The molecule has 1 aliphatic carbocycles. The zero-order valence-electron chi connectivity index (χ0n) is 21.8. The molecule has 196 valence electrons. The number of carbonyl (C=O) groups is 2. The van der Waals surface area contributed by atoms with Gasteiger partial charge in [0.1, 0.15) is 5.75 Å². The molecule has 0 saturated carbocycles. The molecule has 1 N–H and O–H groups in total. The van der Waals surface area contributed by atoms with Crippen molar-refractivity contribution in [2.24, 2.45) is 0 Å². The van der Waals surface area contributed by atoms with Crippen molar-refractivity contribution in [3.05, 3.63) is 74.5 Å². The smallest absolute Gasteiger partial charge is 0.336 e. The molecule has 4 rings (SSSR count). The predicted octanol–water partition coefficient (Wildman–Crippen LogP) is 5.79. The minimum atomic E-state index is -0.605. The maximum Gasteiger partial charge on any atom is 0.336 e. The highest BCUT2D eigenvalue weighted by molar-refractivity contribution is 9.10. The molecule has 37 heavy (non-hydrogen) atoms. The summed E-state index contributed by atoms with van der Waals surface area (Å²) in [7, 11) is 4.78. The molecule has 0 aromatic heterocycles. The van der Waals surface area contributed by atoms with Crippen molar-refractivity contribution in [1.29, 1.82) is 0 Å². The second-order valence-corrected chi connectivity index (χ2v) is 10.1. The summed E-state index contributed by atoms with van der Waals surface area (Å²) < 4.78 is 22.9. The highest BCUT2D eigenvalue weighted by Gasteiger charge is 2.42. The Morgan fingerprint density at radius 1 is 1.00 bits per heavy atom. The molecular weight excluding hydrogens is 538 g/mol. The lowest BCUT2D eigenvalue weighted by Gasteiger charge is -2.37. The molecule has 2 aromatic carbocycles. The third-order valence-corrected chi connectivity index (χ3v) is 7.36. The number of carbonyl (C=O) groups excluding carboxylic acids is 2. The summed E-state index contributed by atoms with van der Waals surface area (Å²) in [6.45, 7) is 4.11. The van der Waals surface area contributed by atoms with Crippen molar-refractivity contribution in [2.45, 2.75) is 44.9 Å². The van der Waals surface area contributed by atoms with Gasteiger partial charge in [0.05, 0.1) is 39.4 Å². The van der Waals surface area contributed by atoms with E-state index in [1.165, 1.54) is 0 Å². The Kier molecular flexibility index (Phi) is 8.27. The van der Waals surface area contributed by atoms with E-state index in [0.717, 1.165) is 21.3 Å². The van der Waals surface area contributed by atoms with E-state index in [9.17, 15) is 9.59 Å². The first-order valence-corrected chi connectivity index (χ1v) is 13.1. The Morgan fingerprint density at radius 3 is 2.38 bits per heavy atom. The van der Waals surface area contributed by atoms with E-state index in [1.807, 2.05) is 50.2 Å². The summed E-state index contributed by atoms with van der Waals surface area (Å²) in [6, 6.07) is 11.4. The van der Waals surface area contributed by atoms with Gasteiger partial charge >= 0.3 is 5.97 Å². The monoisotopic (exact) mass is 569 g/mol. The SMILES string of the molecule is CCCOC(=O)C1=C(C)NC2=C(C(=O)C[C@@H](c3ccc(OC)c(OC)c3)C2)[C@@H]1c1cc(Br)ccc1OC. The maximum atomic E-state index is 13.9. The molecule has 0 fully saturated rings. The van der Waals surface area contributed by atoms with Crippen LogP contribution in [-0.2, 0) is 14.3 Å². The van der Waals surface area contributed by atoms with Crippen LogP contribution in [-0.4, -0.2) is 39.7 Å². The highest BCUT2D eigenvalue weighted by Crippen LogP contribution is 2.48. The van der Waals surface area contributed by atoms with Crippen LogP contribution in [0.4, 0.5) is 0 Å². The normalized spacial score (nSPS) is 19.2. The number of hydrogen-bond donors (Lipinski definition) is 1. The van der Waals surface area contributed by atoms with Gasteiger partial charge in [-0.2, -0.15) is 0 Å². The molecule has 7 nitrogen and oxygen atoms in total. The van der Waals surface area contributed by atoms with Crippen molar-refractivity contribution in [1.82, 2.24) is 5.32 Å². The van der Waals surface area contributed by atoms with E-state index in [2.05, 4.69) is 21.2 Å². The van der Waals surface area contributed by atoms with Gasteiger partial charge in [0.15, 0.2) is 17.3 Å². The third kappa shape index (κ3) is 5.25. The zero-order valence-corrected chi connectivity index (χ0v) is 23.4. The Morgan fingerprint density at radius 2 is 1.70 bits per heavy atom.